The van der Waals surface area contributed by atoms with Crippen LogP contribution in [0.1, 0.15) is 18.6 Å². The maximum Gasteiger partial charge on any atom is 0.173 e. The summed E-state index contributed by atoms with van der Waals surface area (Å²) in [6.07, 6.45) is -0.741. The molecule has 3 aromatic carbocycles. The van der Waals surface area contributed by atoms with Crippen molar-refractivity contribution in [2.24, 2.45) is 0 Å². The van der Waals surface area contributed by atoms with Gasteiger partial charge in [-0.3, -0.25) is 0 Å². The van der Waals surface area contributed by atoms with E-state index in [4.69, 9.17) is 12.2 Å². The Morgan fingerprint density at radius 1 is 1.08 bits per heavy atom. The third-order valence-electron chi connectivity index (χ3n) is 4.35. The molecule has 4 nitrogen and oxygen atoms in total. The number of aliphatic hydroxyl groups excluding tert-OH is 1. The van der Waals surface area contributed by atoms with Gasteiger partial charge in [-0.1, -0.05) is 48.5 Å². The molecule has 1 atom stereocenters. The number of nitrogens with one attached hydrogen (secondary N) is 1. The predicted octanol–water partition coefficient (Wildman–Crippen LogP) is 4.30. The molecule has 0 radical (unpaired) electrons. The lowest BCUT2D eigenvalue weighted by atomic mass is 10.1. The van der Waals surface area contributed by atoms with E-state index in [2.05, 4.69) is 23.5 Å². The molecule has 0 aromatic heterocycles. The molecule has 0 heterocycles. The van der Waals surface area contributed by atoms with Crippen molar-refractivity contribution in [1.82, 2.24) is 4.90 Å². The van der Waals surface area contributed by atoms with Gasteiger partial charge in [0, 0.05) is 17.6 Å². The number of phenolic OH excluding ortho intramolecular Hbond substituents is 1. The molecule has 0 bridgehead atoms. The fourth-order valence-electron chi connectivity index (χ4n) is 2.93. The number of anilines is 1. The Kier molecular flexibility index (Phi) is 5.71. The number of aromatic hydroxyl groups is 1. The zero-order valence-electron chi connectivity index (χ0n) is 14.6. The molecule has 5 heteroatoms. The van der Waals surface area contributed by atoms with Gasteiger partial charge in [0.15, 0.2) is 5.11 Å². The normalized spacial score (nSPS) is 11.9. The lowest BCUT2D eigenvalue weighted by molar-refractivity contribution is 0.146. The van der Waals surface area contributed by atoms with Crippen LogP contribution in [0.15, 0.2) is 66.7 Å². The van der Waals surface area contributed by atoms with E-state index in [0.717, 1.165) is 16.5 Å². The molecular weight excluding hydrogens is 344 g/mol. The van der Waals surface area contributed by atoms with Crippen LogP contribution in [-0.4, -0.2) is 33.3 Å². The van der Waals surface area contributed by atoms with Crippen LogP contribution in [-0.2, 0) is 0 Å². The van der Waals surface area contributed by atoms with Crippen LogP contribution in [0.2, 0.25) is 0 Å². The molecule has 0 fully saturated rings. The number of hydrogen-bond donors (Lipinski definition) is 3. The standard InChI is InChI=1S/C21H22N2O2S/c1-2-23(14-20(25)16-9-5-10-17(24)13-16)21(26)22-19-12-6-8-15-7-3-4-11-18(15)19/h3-13,20,24-25H,2,14H2,1H3,(H,22,26)/t20-/m0/s1. The first-order chi connectivity index (χ1) is 12.6. The van der Waals surface area contributed by atoms with Crippen LogP contribution in [0.5, 0.6) is 5.75 Å². The third-order valence-corrected chi connectivity index (χ3v) is 4.71. The van der Waals surface area contributed by atoms with Crippen LogP contribution < -0.4 is 5.32 Å². The number of aliphatic hydroxyl groups is 1. The molecule has 3 N–H and O–H groups in total. The largest absolute Gasteiger partial charge is 0.508 e. The molecule has 0 saturated heterocycles. The molecule has 0 aliphatic carbocycles. The number of rotatable bonds is 5. The van der Waals surface area contributed by atoms with Crippen LogP contribution >= 0.6 is 12.2 Å². The quantitative estimate of drug-likeness (QED) is 0.588. The van der Waals surface area contributed by atoms with E-state index in [1.165, 1.54) is 0 Å². The number of fused-ring (bicyclic) bond motifs is 1. The molecule has 3 aromatic rings. The Labute approximate surface area is 158 Å². The molecular formula is C21H22N2O2S. The molecule has 3 rings (SSSR count). The van der Waals surface area contributed by atoms with Gasteiger partial charge in [-0.15, -0.1) is 0 Å². The average molecular weight is 366 g/mol. The van der Waals surface area contributed by atoms with Crippen molar-refractivity contribution >= 4 is 33.8 Å². The highest BCUT2D eigenvalue weighted by Gasteiger charge is 2.16. The number of phenols is 1. The lowest BCUT2D eigenvalue weighted by Gasteiger charge is -2.27. The van der Waals surface area contributed by atoms with Crippen molar-refractivity contribution in [3.63, 3.8) is 0 Å². The Morgan fingerprint density at radius 2 is 1.81 bits per heavy atom. The van der Waals surface area contributed by atoms with E-state index in [0.29, 0.717) is 23.8 Å². The van der Waals surface area contributed by atoms with Gasteiger partial charge in [0.1, 0.15) is 5.75 Å². The van der Waals surface area contributed by atoms with Crippen molar-refractivity contribution in [1.29, 1.82) is 0 Å². The van der Waals surface area contributed by atoms with Crippen molar-refractivity contribution < 1.29 is 10.2 Å². The fraction of sp³-hybridized carbons (Fsp3) is 0.190. The zero-order chi connectivity index (χ0) is 18.5. The van der Waals surface area contributed by atoms with Gasteiger partial charge in [-0.05, 0) is 48.3 Å². The summed E-state index contributed by atoms with van der Waals surface area (Å²) in [7, 11) is 0. The number of hydrogen-bond acceptors (Lipinski definition) is 3. The number of nitrogens with zero attached hydrogens (tertiary/aromatic N) is 1. The van der Waals surface area contributed by atoms with E-state index >= 15 is 0 Å². The second-order valence-electron chi connectivity index (χ2n) is 6.11. The topological polar surface area (TPSA) is 55.7 Å². The maximum absolute atomic E-state index is 10.5. The Bertz CT molecular complexity index is 908. The van der Waals surface area contributed by atoms with Crippen molar-refractivity contribution in [2.75, 3.05) is 18.4 Å². The summed E-state index contributed by atoms with van der Waals surface area (Å²) in [4.78, 5) is 1.91. The van der Waals surface area contributed by atoms with Crippen LogP contribution in [0.25, 0.3) is 10.8 Å². The highest BCUT2D eigenvalue weighted by Crippen LogP contribution is 2.24. The average Bonchev–Trinajstić information content (AvgIpc) is 2.66. The molecule has 0 saturated carbocycles. The highest BCUT2D eigenvalue weighted by molar-refractivity contribution is 7.80. The first kappa shape index (κ1) is 18.2. The van der Waals surface area contributed by atoms with Gasteiger partial charge in [0.25, 0.3) is 0 Å². The summed E-state index contributed by atoms with van der Waals surface area (Å²) in [5.41, 5.74) is 1.61. The van der Waals surface area contributed by atoms with E-state index < -0.39 is 6.10 Å². The van der Waals surface area contributed by atoms with Crippen LogP contribution in [0.4, 0.5) is 5.69 Å². The van der Waals surface area contributed by atoms with E-state index in [9.17, 15) is 10.2 Å². The molecule has 0 spiro atoms. The zero-order valence-corrected chi connectivity index (χ0v) is 15.4. The van der Waals surface area contributed by atoms with E-state index in [1.54, 1.807) is 24.3 Å². The second-order valence-corrected chi connectivity index (χ2v) is 6.49. The van der Waals surface area contributed by atoms with Crippen LogP contribution in [0, 0.1) is 0 Å². The molecule has 0 unspecified atom stereocenters. The minimum atomic E-state index is -0.741. The summed E-state index contributed by atoms with van der Waals surface area (Å²) >= 11 is 5.57. The van der Waals surface area contributed by atoms with Crippen molar-refractivity contribution in [3.8, 4) is 5.75 Å². The minimum Gasteiger partial charge on any atom is -0.508 e. The van der Waals surface area contributed by atoms with E-state index in [-0.39, 0.29) is 5.75 Å². The molecule has 26 heavy (non-hydrogen) atoms. The maximum atomic E-state index is 10.5. The first-order valence-corrected chi connectivity index (χ1v) is 9.00. The van der Waals surface area contributed by atoms with Gasteiger partial charge < -0.3 is 20.4 Å². The fourth-order valence-corrected chi connectivity index (χ4v) is 3.24. The molecule has 0 amide bonds. The molecule has 0 aliphatic heterocycles. The Hall–Kier alpha value is -2.63. The SMILES string of the molecule is CCN(C[C@H](O)c1cccc(O)c1)C(=S)Nc1cccc2ccccc12. The van der Waals surface area contributed by atoms with Crippen molar-refractivity contribution in [2.45, 2.75) is 13.0 Å². The summed E-state index contributed by atoms with van der Waals surface area (Å²) < 4.78 is 0. The third kappa shape index (κ3) is 4.12. The van der Waals surface area contributed by atoms with Gasteiger partial charge >= 0.3 is 0 Å². The van der Waals surface area contributed by atoms with E-state index in [1.807, 2.05) is 36.1 Å². The van der Waals surface area contributed by atoms with Crippen molar-refractivity contribution in [3.05, 3.63) is 72.3 Å². The second kappa shape index (κ2) is 8.17. The predicted molar refractivity (Wildman–Crippen MR) is 110 cm³/mol. The van der Waals surface area contributed by atoms with Gasteiger partial charge in [0.05, 0.1) is 12.6 Å². The number of likely N-dealkylation sites (N-methyl/N-ethyl adjacent to an activating group) is 1. The summed E-state index contributed by atoms with van der Waals surface area (Å²) in [5.74, 6) is 0.140. The highest BCUT2D eigenvalue weighted by atomic mass is 32.1. The molecule has 134 valence electrons. The lowest BCUT2D eigenvalue weighted by Crippen LogP contribution is -2.37. The summed E-state index contributed by atoms with van der Waals surface area (Å²) in [6.45, 7) is 3.00. The van der Waals surface area contributed by atoms with Gasteiger partial charge in [-0.25, -0.2) is 0 Å². The smallest absolute Gasteiger partial charge is 0.173 e. The summed E-state index contributed by atoms with van der Waals surface area (Å²) in [6, 6.07) is 20.8. The first-order valence-electron chi connectivity index (χ1n) is 8.59. The molecule has 0 aliphatic rings. The minimum absolute atomic E-state index is 0.140. The van der Waals surface area contributed by atoms with Gasteiger partial charge in [0.2, 0.25) is 0 Å². The monoisotopic (exact) mass is 366 g/mol. The number of benzene rings is 3. The van der Waals surface area contributed by atoms with Gasteiger partial charge in [-0.2, -0.15) is 0 Å². The number of thiocarbonyl (C=S) groups is 1. The van der Waals surface area contributed by atoms with Crippen LogP contribution in [0.3, 0.4) is 0 Å². The Morgan fingerprint density at radius 3 is 2.58 bits per heavy atom. The Balaban J connectivity index is 1.74. The summed E-state index contributed by atoms with van der Waals surface area (Å²) in [5, 5.41) is 26.2.